The van der Waals surface area contributed by atoms with Crippen LogP contribution in [-0.2, 0) is 0 Å². The van der Waals surface area contributed by atoms with Crippen LogP contribution in [0.1, 0.15) is 0 Å². The summed E-state index contributed by atoms with van der Waals surface area (Å²) < 4.78 is 3.38. The number of hydrogen-bond acceptors (Lipinski definition) is 2. The largest absolute Gasteiger partial charge is 0.489 e. The first-order valence-corrected chi connectivity index (χ1v) is 3.28. The lowest BCUT2D eigenvalue weighted by molar-refractivity contribution is 0.884. The van der Waals surface area contributed by atoms with E-state index in [2.05, 4.69) is 10.2 Å². The highest BCUT2D eigenvalue weighted by Crippen LogP contribution is 1.83. The minimum Gasteiger partial charge on any atom is -0.489 e. The van der Waals surface area contributed by atoms with E-state index < -0.39 is 0 Å². The summed E-state index contributed by atoms with van der Waals surface area (Å²) in [5.41, 5.74) is 0. The van der Waals surface area contributed by atoms with Crippen molar-refractivity contribution >= 4 is 7.55 Å². The van der Waals surface area contributed by atoms with E-state index in [1.807, 2.05) is 24.5 Å². The first-order chi connectivity index (χ1) is 5.45. The van der Waals surface area contributed by atoms with E-state index in [0.29, 0.717) is 0 Å². The molecule has 0 amide bonds. The molecule has 54 valence electrons. The molecule has 0 atom stereocenters. The van der Waals surface area contributed by atoms with Gasteiger partial charge < -0.3 is 9.19 Å². The molecule has 0 fully saturated rings. The van der Waals surface area contributed by atoms with Crippen molar-refractivity contribution in [2.45, 2.75) is 0 Å². The summed E-state index contributed by atoms with van der Waals surface area (Å²) >= 11 is 0. The van der Waals surface area contributed by atoms with Gasteiger partial charge in [0.1, 0.15) is 0 Å². The average Bonchev–Trinajstić information content (AvgIpc) is 2.60. The maximum absolute atomic E-state index is 3.99. The van der Waals surface area contributed by atoms with Crippen molar-refractivity contribution in [2.75, 3.05) is 0 Å². The Labute approximate surface area is 64.7 Å². The molecule has 0 saturated carbocycles. The van der Waals surface area contributed by atoms with Crippen molar-refractivity contribution in [2.24, 2.45) is 0 Å². The highest BCUT2D eigenvalue weighted by molar-refractivity contribution is 6.30. The molecule has 0 saturated heterocycles. The molecule has 2 rings (SSSR count). The normalized spacial score (nSPS) is 10.2. The molecule has 5 heteroatoms. The van der Waals surface area contributed by atoms with Crippen molar-refractivity contribution in [1.82, 2.24) is 19.4 Å². The quantitative estimate of drug-likeness (QED) is 0.558. The van der Waals surface area contributed by atoms with Crippen molar-refractivity contribution in [3.63, 3.8) is 0 Å². The van der Waals surface area contributed by atoms with Gasteiger partial charge in [0.05, 0.1) is 0 Å². The molecular formula is C6H6BN4-. The standard InChI is InChI=1S/C6H6BN4/c1-3-8-10(5-1)7-11-6-2-4-9-11/h1-6H/q-1. The molecule has 2 radical (unpaired) electrons. The molecule has 0 aromatic carbocycles. The van der Waals surface area contributed by atoms with E-state index >= 15 is 0 Å². The van der Waals surface area contributed by atoms with Gasteiger partial charge in [0.15, 0.2) is 0 Å². The zero-order valence-corrected chi connectivity index (χ0v) is 5.83. The van der Waals surface area contributed by atoms with Crippen LogP contribution in [0.3, 0.4) is 0 Å². The number of nitrogens with zero attached hydrogens (tertiary/aromatic N) is 4. The molecular weight excluding hydrogens is 139 g/mol. The van der Waals surface area contributed by atoms with Crippen molar-refractivity contribution in [3.05, 3.63) is 36.9 Å². The summed E-state index contributed by atoms with van der Waals surface area (Å²) in [4.78, 5) is 0. The van der Waals surface area contributed by atoms with Crippen LogP contribution in [0.5, 0.6) is 0 Å². The van der Waals surface area contributed by atoms with Crippen molar-refractivity contribution in [3.8, 4) is 0 Å². The molecule has 2 heterocycles. The first kappa shape index (κ1) is 6.21. The highest BCUT2D eigenvalue weighted by atomic mass is 15.3. The third-order valence-electron chi connectivity index (χ3n) is 1.29. The van der Waals surface area contributed by atoms with Crippen LogP contribution < -0.4 is 0 Å². The third kappa shape index (κ3) is 1.31. The lowest BCUT2D eigenvalue weighted by Crippen LogP contribution is -2.17. The number of rotatable bonds is 2. The fourth-order valence-electron chi connectivity index (χ4n) is 0.819. The van der Waals surface area contributed by atoms with Crippen molar-refractivity contribution < 1.29 is 0 Å². The molecule has 0 aliphatic rings. The Morgan fingerprint density at radius 2 is 1.45 bits per heavy atom. The molecule has 0 N–H and O–H groups in total. The van der Waals surface area contributed by atoms with E-state index in [1.54, 1.807) is 29.1 Å². The summed E-state index contributed by atoms with van der Waals surface area (Å²) in [6.45, 7) is 0. The second-order valence-corrected chi connectivity index (χ2v) is 2.09. The van der Waals surface area contributed by atoms with Crippen LogP contribution in [-0.4, -0.2) is 26.9 Å². The lowest BCUT2D eigenvalue weighted by atomic mass is 10.2. The molecule has 0 spiro atoms. The predicted octanol–water partition coefficient (Wildman–Crippen LogP) is 0.0102. The third-order valence-corrected chi connectivity index (χ3v) is 1.29. The Bertz CT molecular complexity index is 267. The fraction of sp³-hybridized carbons (Fsp3) is 0. The van der Waals surface area contributed by atoms with E-state index in [4.69, 9.17) is 0 Å². The molecule has 0 aliphatic heterocycles. The van der Waals surface area contributed by atoms with Crippen LogP contribution >= 0.6 is 0 Å². The van der Waals surface area contributed by atoms with Gasteiger partial charge >= 0.3 is 0 Å². The Hall–Kier alpha value is -1.52. The average molecular weight is 145 g/mol. The smallest absolute Gasteiger partial charge is 0.0442 e. The van der Waals surface area contributed by atoms with Gasteiger partial charge in [-0.3, -0.25) is 0 Å². The van der Waals surface area contributed by atoms with Gasteiger partial charge in [0.25, 0.3) is 0 Å². The van der Waals surface area contributed by atoms with Crippen LogP contribution in [0, 0.1) is 0 Å². The highest BCUT2D eigenvalue weighted by Gasteiger charge is 1.77. The molecule has 4 nitrogen and oxygen atoms in total. The molecule has 11 heavy (non-hydrogen) atoms. The van der Waals surface area contributed by atoms with Crippen LogP contribution in [0.2, 0.25) is 0 Å². The topological polar surface area (TPSA) is 35.6 Å². The van der Waals surface area contributed by atoms with Gasteiger partial charge in [-0.25, -0.2) is 10.2 Å². The molecule has 0 bridgehead atoms. The molecule has 2 aromatic rings. The van der Waals surface area contributed by atoms with Gasteiger partial charge in [0.2, 0.25) is 0 Å². The summed E-state index contributed by atoms with van der Waals surface area (Å²) in [5, 5.41) is 7.98. The van der Waals surface area contributed by atoms with Crippen molar-refractivity contribution in [1.29, 1.82) is 0 Å². The minimum atomic E-state index is 1.69. The Kier molecular flexibility index (Phi) is 1.48. The fourth-order valence-corrected chi connectivity index (χ4v) is 0.819. The summed E-state index contributed by atoms with van der Waals surface area (Å²) in [7, 11) is 1.78. The Balaban J connectivity index is 2.14. The monoisotopic (exact) mass is 145 g/mol. The van der Waals surface area contributed by atoms with Crippen LogP contribution in [0.15, 0.2) is 36.9 Å². The van der Waals surface area contributed by atoms with Gasteiger partial charge in [-0.05, 0) is 32.1 Å². The molecule has 0 unspecified atom stereocenters. The number of hydrogen-bond donors (Lipinski definition) is 0. The molecule has 2 aromatic heterocycles. The second-order valence-electron chi connectivity index (χ2n) is 2.09. The SMILES string of the molecule is [B-](n1cccn1)n1cccn1. The van der Waals surface area contributed by atoms with Crippen LogP contribution in [0.4, 0.5) is 0 Å². The van der Waals surface area contributed by atoms with Gasteiger partial charge in [0, 0.05) is 12.4 Å². The summed E-state index contributed by atoms with van der Waals surface area (Å²) in [5.74, 6) is 0. The maximum atomic E-state index is 3.99. The van der Waals surface area contributed by atoms with E-state index in [1.165, 1.54) is 0 Å². The van der Waals surface area contributed by atoms with Gasteiger partial charge in [-0.2, -0.15) is 0 Å². The summed E-state index contributed by atoms with van der Waals surface area (Å²) in [6.07, 6.45) is 7.14. The second kappa shape index (κ2) is 2.61. The van der Waals surface area contributed by atoms with Crippen LogP contribution in [0.25, 0.3) is 0 Å². The van der Waals surface area contributed by atoms with E-state index in [-0.39, 0.29) is 0 Å². The molecule has 0 aliphatic carbocycles. The van der Waals surface area contributed by atoms with E-state index in [9.17, 15) is 0 Å². The minimum absolute atomic E-state index is 1.69. The number of aromatic nitrogens is 4. The zero-order valence-electron chi connectivity index (χ0n) is 5.83. The Morgan fingerprint density at radius 3 is 1.82 bits per heavy atom. The van der Waals surface area contributed by atoms with E-state index in [0.717, 1.165) is 0 Å². The Morgan fingerprint density at radius 1 is 0.909 bits per heavy atom. The van der Waals surface area contributed by atoms with Gasteiger partial charge in [-0.1, -0.05) is 0 Å². The maximum Gasteiger partial charge on any atom is 0.0442 e. The van der Waals surface area contributed by atoms with Gasteiger partial charge in [-0.15, -0.1) is 0 Å². The predicted molar refractivity (Wildman–Crippen MR) is 41.0 cm³/mol. The first-order valence-electron chi connectivity index (χ1n) is 3.28. The lowest BCUT2D eigenvalue weighted by Gasteiger charge is -2.16. The zero-order chi connectivity index (χ0) is 7.52. The summed E-state index contributed by atoms with van der Waals surface area (Å²) in [6, 6.07) is 3.72.